The standard InChI is InChI=1S/C20H22ClFN4/c1-25(2)14-7-9-26(10-8-14)15-5-3-13(4-6-15)18-11-16-19(21)17(22)12-23-20(16)24-18/h3-6,11-12,14H,7-10H2,1-2H3,(H,23,24). The van der Waals surface area contributed by atoms with Crippen molar-refractivity contribution in [2.75, 3.05) is 32.1 Å². The Labute approximate surface area is 157 Å². The molecule has 0 amide bonds. The van der Waals surface area contributed by atoms with Gasteiger partial charge in [-0.15, -0.1) is 0 Å². The number of hydrogen-bond acceptors (Lipinski definition) is 3. The van der Waals surface area contributed by atoms with Crippen molar-refractivity contribution in [1.82, 2.24) is 14.9 Å². The number of piperidine rings is 1. The lowest BCUT2D eigenvalue weighted by atomic mass is 10.0. The molecule has 0 aliphatic carbocycles. The van der Waals surface area contributed by atoms with Crippen LogP contribution in [0.1, 0.15) is 12.8 Å². The minimum atomic E-state index is -0.499. The van der Waals surface area contributed by atoms with Crippen LogP contribution in [0.25, 0.3) is 22.3 Å². The van der Waals surface area contributed by atoms with Gasteiger partial charge < -0.3 is 14.8 Å². The predicted molar refractivity (Wildman–Crippen MR) is 105 cm³/mol. The van der Waals surface area contributed by atoms with Crippen molar-refractivity contribution in [2.45, 2.75) is 18.9 Å². The number of nitrogens with one attached hydrogen (secondary N) is 1. The fourth-order valence-corrected chi connectivity index (χ4v) is 3.86. The molecule has 6 heteroatoms. The lowest BCUT2D eigenvalue weighted by molar-refractivity contribution is 0.249. The third-order valence-electron chi connectivity index (χ3n) is 5.29. The summed E-state index contributed by atoms with van der Waals surface area (Å²) in [6.45, 7) is 2.15. The van der Waals surface area contributed by atoms with Crippen LogP contribution in [0.2, 0.25) is 5.02 Å². The van der Waals surface area contributed by atoms with Crippen molar-refractivity contribution in [3.63, 3.8) is 0 Å². The van der Waals surface area contributed by atoms with Crippen LogP contribution in [-0.4, -0.2) is 48.1 Å². The van der Waals surface area contributed by atoms with Crippen LogP contribution in [0.15, 0.2) is 36.5 Å². The second kappa shape index (κ2) is 6.89. The predicted octanol–water partition coefficient (Wildman–Crippen LogP) is 4.55. The Kier molecular flexibility index (Phi) is 4.59. The average Bonchev–Trinajstić information content (AvgIpc) is 3.10. The quantitative estimate of drug-likeness (QED) is 0.732. The number of aromatic amines is 1. The second-order valence-electron chi connectivity index (χ2n) is 7.09. The van der Waals surface area contributed by atoms with Gasteiger partial charge in [0.15, 0.2) is 5.82 Å². The van der Waals surface area contributed by atoms with Crippen molar-refractivity contribution < 1.29 is 4.39 Å². The molecule has 1 fully saturated rings. The summed E-state index contributed by atoms with van der Waals surface area (Å²) in [5.74, 6) is -0.499. The molecule has 0 spiro atoms. The van der Waals surface area contributed by atoms with Crippen LogP contribution in [0.5, 0.6) is 0 Å². The third kappa shape index (κ3) is 3.17. The summed E-state index contributed by atoms with van der Waals surface area (Å²) in [6.07, 6.45) is 3.52. The van der Waals surface area contributed by atoms with E-state index in [0.717, 1.165) is 30.5 Å². The maximum atomic E-state index is 13.6. The maximum Gasteiger partial charge on any atom is 0.160 e. The van der Waals surface area contributed by atoms with Gasteiger partial charge in [0.25, 0.3) is 0 Å². The van der Waals surface area contributed by atoms with E-state index in [-0.39, 0.29) is 5.02 Å². The Bertz CT molecular complexity index is 911. The highest BCUT2D eigenvalue weighted by Gasteiger charge is 2.20. The third-order valence-corrected chi connectivity index (χ3v) is 5.67. The van der Waals surface area contributed by atoms with Gasteiger partial charge in [0.05, 0.1) is 11.2 Å². The maximum absolute atomic E-state index is 13.6. The fourth-order valence-electron chi connectivity index (χ4n) is 3.67. The molecule has 1 saturated heterocycles. The zero-order valence-electron chi connectivity index (χ0n) is 15.0. The molecule has 26 heavy (non-hydrogen) atoms. The van der Waals surface area contributed by atoms with Crippen LogP contribution in [-0.2, 0) is 0 Å². The van der Waals surface area contributed by atoms with Gasteiger partial charge in [-0.05, 0) is 50.7 Å². The normalized spacial score (nSPS) is 16.0. The van der Waals surface area contributed by atoms with Crippen LogP contribution in [0, 0.1) is 5.82 Å². The minimum absolute atomic E-state index is 0.109. The number of rotatable bonds is 3. The average molecular weight is 373 g/mol. The van der Waals surface area contributed by atoms with E-state index in [9.17, 15) is 4.39 Å². The molecule has 4 nitrogen and oxygen atoms in total. The van der Waals surface area contributed by atoms with Crippen molar-refractivity contribution >= 4 is 28.3 Å². The molecule has 1 aromatic carbocycles. The molecule has 1 N–H and O–H groups in total. The Morgan fingerprint density at radius 3 is 2.54 bits per heavy atom. The molecule has 0 atom stereocenters. The molecule has 1 aliphatic rings. The van der Waals surface area contributed by atoms with Gasteiger partial charge in [-0.2, -0.15) is 0 Å². The molecule has 0 saturated carbocycles. The van der Waals surface area contributed by atoms with Crippen molar-refractivity contribution in [3.8, 4) is 11.3 Å². The Hall–Kier alpha value is -2.11. The number of nitrogens with zero attached hydrogens (tertiary/aromatic N) is 3. The summed E-state index contributed by atoms with van der Waals surface area (Å²) in [7, 11) is 4.31. The Balaban J connectivity index is 1.54. The van der Waals surface area contributed by atoms with Crippen LogP contribution < -0.4 is 4.90 Å². The van der Waals surface area contributed by atoms with E-state index in [1.165, 1.54) is 18.5 Å². The largest absolute Gasteiger partial charge is 0.371 e. The summed E-state index contributed by atoms with van der Waals surface area (Å²) in [5.41, 5.74) is 3.76. The van der Waals surface area contributed by atoms with E-state index in [1.807, 2.05) is 6.07 Å². The van der Waals surface area contributed by atoms with Gasteiger partial charge in [0.2, 0.25) is 0 Å². The molecule has 0 bridgehead atoms. The number of halogens is 2. The zero-order valence-corrected chi connectivity index (χ0v) is 15.7. The smallest absolute Gasteiger partial charge is 0.160 e. The van der Waals surface area contributed by atoms with E-state index in [4.69, 9.17) is 11.6 Å². The molecule has 4 rings (SSSR count). The number of pyridine rings is 1. The Morgan fingerprint density at radius 1 is 1.19 bits per heavy atom. The highest BCUT2D eigenvalue weighted by Crippen LogP contribution is 2.31. The molecule has 1 aliphatic heterocycles. The van der Waals surface area contributed by atoms with Crippen LogP contribution >= 0.6 is 11.6 Å². The molecule has 3 aromatic rings. The first-order chi connectivity index (χ1) is 12.5. The van der Waals surface area contributed by atoms with Gasteiger partial charge in [0.1, 0.15) is 5.65 Å². The number of hydrogen-bond donors (Lipinski definition) is 1. The lowest BCUT2D eigenvalue weighted by Crippen LogP contribution is -2.41. The number of benzene rings is 1. The van der Waals surface area contributed by atoms with Crippen LogP contribution in [0.3, 0.4) is 0 Å². The monoisotopic (exact) mass is 372 g/mol. The first-order valence-electron chi connectivity index (χ1n) is 8.87. The van der Waals surface area contributed by atoms with Gasteiger partial charge in [0, 0.05) is 35.9 Å². The highest BCUT2D eigenvalue weighted by atomic mass is 35.5. The summed E-state index contributed by atoms with van der Waals surface area (Å²) in [6, 6.07) is 11.0. The van der Waals surface area contributed by atoms with Gasteiger partial charge >= 0.3 is 0 Å². The molecule has 2 aromatic heterocycles. The zero-order chi connectivity index (χ0) is 18.3. The highest BCUT2D eigenvalue weighted by molar-refractivity contribution is 6.35. The van der Waals surface area contributed by atoms with Crippen molar-refractivity contribution in [2.24, 2.45) is 0 Å². The lowest BCUT2D eigenvalue weighted by Gasteiger charge is -2.36. The van der Waals surface area contributed by atoms with E-state index in [0.29, 0.717) is 17.1 Å². The molecule has 0 radical (unpaired) electrons. The molecule has 136 valence electrons. The number of fused-ring (bicyclic) bond motifs is 1. The number of anilines is 1. The Morgan fingerprint density at radius 2 is 1.88 bits per heavy atom. The van der Waals surface area contributed by atoms with Crippen molar-refractivity contribution in [1.29, 1.82) is 0 Å². The number of H-pyrrole nitrogens is 1. The number of aromatic nitrogens is 2. The minimum Gasteiger partial charge on any atom is -0.371 e. The topological polar surface area (TPSA) is 35.2 Å². The van der Waals surface area contributed by atoms with Crippen molar-refractivity contribution in [3.05, 3.63) is 47.4 Å². The van der Waals surface area contributed by atoms with Crippen LogP contribution in [0.4, 0.5) is 10.1 Å². The molecular weight excluding hydrogens is 351 g/mol. The van der Waals surface area contributed by atoms with E-state index >= 15 is 0 Å². The summed E-state index contributed by atoms with van der Waals surface area (Å²) in [4.78, 5) is 12.0. The van der Waals surface area contributed by atoms with Gasteiger partial charge in [-0.25, -0.2) is 9.37 Å². The fraction of sp³-hybridized carbons (Fsp3) is 0.350. The SMILES string of the molecule is CN(C)C1CCN(c2ccc(-c3cc4c(Cl)c(F)cnc4[nH]3)cc2)CC1. The summed E-state index contributed by atoms with van der Waals surface area (Å²) >= 11 is 6.04. The molecule has 0 unspecified atom stereocenters. The van der Waals surface area contributed by atoms with E-state index in [2.05, 4.69) is 58.1 Å². The summed E-state index contributed by atoms with van der Waals surface area (Å²) < 4.78 is 13.6. The van der Waals surface area contributed by atoms with E-state index < -0.39 is 5.82 Å². The van der Waals surface area contributed by atoms with E-state index in [1.54, 1.807) is 0 Å². The van der Waals surface area contributed by atoms with Gasteiger partial charge in [-0.3, -0.25) is 0 Å². The van der Waals surface area contributed by atoms with Gasteiger partial charge in [-0.1, -0.05) is 23.7 Å². The first-order valence-corrected chi connectivity index (χ1v) is 9.25. The second-order valence-corrected chi connectivity index (χ2v) is 7.47. The molecule has 3 heterocycles. The molecular formula is C20H22ClFN4. The summed E-state index contributed by atoms with van der Waals surface area (Å²) in [5, 5.41) is 0.717. The first kappa shape index (κ1) is 17.3.